The van der Waals surface area contributed by atoms with Crippen LogP contribution in [0.5, 0.6) is 0 Å². The van der Waals surface area contributed by atoms with E-state index in [0.29, 0.717) is 19.0 Å². The van der Waals surface area contributed by atoms with Gasteiger partial charge < -0.3 is 14.1 Å². The van der Waals surface area contributed by atoms with Crippen molar-refractivity contribution in [3.63, 3.8) is 0 Å². The van der Waals surface area contributed by atoms with Crippen molar-refractivity contribution in [1.82, 2.24) is 9.80 Å². The summed E-state index contributed by atoms with van der Waals surface area (Å²) >= 11 is 0. The van der Waals surface area contributed by atoms with E-state index in [2.05, 4.69) is 12.1 Å². The van der Waals surface area contributed by atoms with E-state index in [1.807, 2.05) is 54.0 Å². The van der Waals surface area contributed by atoms with Crippen LogP contribution < -0.4 is 0 Å². The van der Waals surface area contributed by atoms with Crippen LogP contribution in [0.15, 0.2) is 46.9 Å². The summed E-state index contributed by atoms with van der Waals surface area (Å²) in [6.45, 7) is 5.66. The van der Waals surface area contributed by atoms with E-state index in [9.17, 15) is 9.59 Å². The third-order valence-electron chi connectivity index (χ3n) is 5.63. The fraction of sp³-hybridized carbons (Fsp3) is 0.500. The van der Waals surface area contributed by atoms with Crippen LogP contribution >= 0.6 is 0 Å². The molecule has 1 saturated carbocycles. The Morgan fingerprint density at radius 1 is 1.17 bits per heavy atom. The smallest absolute Gasteiger partial charge is 0.322 e. The molecule has 162 valence electrons. The van der Waals surface area contributed by atoms with Crippen molar-refractivity contribution < 1.29 is 18.7 Å². The van der Waals surface area contributed by atoms with Gasteiger partial charge in [0.25, 0.3) is 0 Å². The molecule has 1 aromatic heterocycles. The zero-order valence-electron chi connectivity index (χ0n) is 18.2. The number of furan rings is 1. The molecule has 6 nitrogen and oxygen atoms in total. The zero-order valence-corrected chi connectivity index (χ0v) is 18.2. The average Bonchev–Trinajstić information content (AvgIpc) is 3.48. The Balaban J connectivity index is 1.70. The molecule has 1 atom stereocenters. The summed E-state index contributed by atoms with van der Waals surface area (Å²) in [5.41, 5.74) is 1.18. The zero-order chi connectivity index (χ0) is 21.5. The first-order valence-electron chi connectivity index (χ1n) is 10.6. The molecule has 0 spiro atoms. The van der Waals surface area contributed by atoms with E-state index in [4.69, 9.17) is 9.15 Å². The van der Waals surface area contributed by atoms with Crippen LogP contribution in [0.25, 0.3) is 0 Å². The minimum atomic E-state index is -0.443. The van der Waals surface area contributed by atoms with Gasteiger partial charge in [-0.3, -0.25) is 14.5 Å². The van der Waals surface area contributed by atoms with Gasteiger partial charge in [0.15, 0.2) is 0 Å². The molecule has 1 unspecified atom stereocenters. The number of carbonyl (C=O) groups is 2. The first-order valence-corrected chi connectivity index (χ1v) is 10.6. The Kier molecular flexibility index (Phi) is 7.69. The molecule has 0 aliphatic heterocycles. The lowest BCUT2D eigenvalue weighted by Gasteiger charge is -2.30. The van der Waals surface area contributed by atoms with Crippen LogP contribution in [0.3, 0.4) is 0 Å². The van der Waals surface area contributed by atoms with Gasteiger partial charge in [-0.2, -0.15) is 0 Å². The lowest BCUT2D eigenvalue weighted by atomic mass is 10.1. The second-order valence-electron chi connectivity index (χ2n) is 8.14. The van der Waals surface area contributed by atoms with Crippen molar-refractivity contribution in [2.45, 2.75) is 45.7 Å². The SMILES string of the molecule is COC(=O)C(C)N(CC(=O)N(CCc1ccccc1)Cc1ccc(C)o1)CC1CC1. The Hall–Kier alpha value is -2.60. The van der Waals surface area contributed by atoms with Crippen LogP contribution in [0.1, 0.15) is 36.8 Å². The molecule has 0 saturated heterocycles. The highest BCUT2D eigenvalue weighted by Crippen LogP contribution is 2.30. The van der Waals surface area contributed by atoms with Crippen LogP contribution in [0, 0.1) is 12.8 Å². The van der Waals surface area contributed by atoms with Gasteiger partial charge in [0.05, 0.1) is 20.2 Å². The minimum Gasteiger partial charge on any atom is -0.468 e. The van der Waals surface area contributed by atoms with Crippen molar-refractivity contribution >= 4 is 11.9 Å². The number of aryl methyl sites for hydroxylation is 1. The Labute approximate surface area is 178 Å². The maximum absolute atomic E-state index is 13.3. The molecular formula is C24H32N2O4. The third-order valence-corrected chi connectivity index (χ3v) is 5.63. The number of ether oxygens (including phenoxy) is 1. The molecule has 3 rings (SSSR count). The lowest BCUT2D eigenvalue weighted by Crippen LogP contribution is -2.47. The summed E-state index contributed by atoms with van der Waals surface area (Å²) in [6.07, 6.45) is 3.07. The van der Waals surface area contributed by atoms with Crippen molar-refractivity contribution in [2.24, 2.45) is 5.92 Å². The average molecular weight is 413 g/mol. The van der Waals surface area contributed by atoms with Gasteiger partial charge in [0.1, 0.15) is 17.6 Å². The number of methoxy groups -OCH3 is 1. The number of amides is 1. The van der Waals surface area contributed by atoms with E-state index < -0.39 is 6.04 Å². The summed E-state index contributed by atoms with van der Waals surface area (Å²) < 4.78 is 10.6. The maximum atomic E-state index is 13.3. The molecule has 6 heteroatoms. The van der Waals surface area contributed by atoms with E-state index in [0.717, 1.165) is 37.3 Å². The van der Waals surface area contributed by atoms with E-state index in [1.54, 1.807) is 0 Å². The highest BCUT2D eigenvalue weighted by molar-refractivity contribution is 5.80. The number of benzene rings is 1. The minimum absolute atomic E-state index is 0.00335. The molecule has 2 aromatic rings. The summed E-state index contributed by atoms with van der Waals surface area (Å²) in [6, 6.07) is 13.5. The summed E-state index contributed by atoms with van der Waals surface area (Å²) in [5.74, 6) is 1.85. The Morgan fingerprint density at radius 3 is 2.50 bits per heavy atom. The number of rotatable bonds is 11. The molecule has 1 aliphatic carbocycles. The third kappa shape index (κ3) is 6.46. The molecule has 1 fully saturated rings. The first kappa shape index (κ1) is 22.1. The predicted octanol–water partition coefficient (Wildman–Crippen LogP) is 3.43. The predicted molar refractivity (Wildman–Crippen MR) is 115 cm³/mol. The van der Waals surface area contributed by atoms with Gasteiger partial charge >= 0.3 is 5.97 Å². The molecular weight excluding hydrogens is 380 g/mol. The van der Waals surface area contributed by atoms with E-state index in [1.165, 1.54) is 12.7 Å². The number of hydrogen-bond acceptors (Lipinski definition) is 5. The molecule has 0 radical (unpaired) electrons. The maximum Gasteiger partial charge on any atom is 0.322 e. The Bertz CT molecular complexity index is 829. The van der Waals surface area contributed by atoms with Crippen LogP contribution in [0.2, 0.25) is 0 Å². The second-order valence-corrected chi connectivity index (χ2v) is 8.14. The molecule has 1 aliphatic rings. The van der Waals surface area contributed by atoms with Gasteiger partial charge in [0.2, 0.25) is 5.91 Å². The fourth-order valence-corrected chi connectivity index (χ4v) is 3.54. The summed E-state index contributed by atoms with van der Waals surface area (Å²) in [7, 11) is 1.39. The molecule has 30 heavy (non-hydrogen) atoms. The molecule has 1 aromatic carbocycles. The van der Waals surface area contributed by atoms with Crippen molar-refractivity contribution in [3.8, 4) is 0 Å². The monoisotopic (exact) mass is 412 g/mol. The van der Waals surface area contributed by atoms with Crippen molar-refractivity contribution in [3.05, 3.63) is 59.5 Å². The standard InChI is InChI=1S/C24H32N2O4/c1-18-9-12-22(30-18)16-25(14-13-20-7-5-4-6-8-20)23(27)17-26(15-21-10-11-21)19(2)24(28)29-3/h4-9,12,19,21H,10-11,13-17H2,1-3H3. The molecule has 1 heterocycles. The molecule has 0 N–H and O–H groups in total. The molecule has 0 bridgehead atoms. The number of hydrogen-bond donors (Lipinski definition) is 0. The summed E-state index contributed by atoms with van der Waals surface area (Å²) in [5, 5.41) is 0. The van der Waals surface area contributed by atoms with Gasteiger partial charge in [-0.1, -0.05) is 30.3 Å². The van der Waals surface area contributed by atoms with Crippen LogP contribution in [0.4, 0.5) is 0 Å². The topological polar surface area (TPSA) is 63.0 Å². The number of nitrogens with zero attached hydrogens (tertiary/aromatic N) is 2. The molecule has 1 amide bonds. The quantitative estimate of drug-likeness (QED) is 0.529. The van der Waals surface area contributed by atoms with E-state index >= 15 is 0 Å². The Morgan fingerprint density at radius 2 is 1.90 bits per heavy atom. The highest BCUT2D eigenvalue weighted by atomic mass is 16.5. The van der Waals surface area contributed by atoms with Gasteiger partial charge in [-0.25, -0.2) is 0 Å². The first-order chi connectivity index (χ1) is 14.5. The largest absolute Gasteiger partial charge is 0.468 e. The summed E-state index contributed by atoms with van der Waals surface area (Å²) in [4.78, 5) is 29.2. The second kappa shape index (κ2) is 10.4. The van der Waals surface area contributed by atoms with Crippen molar-refractivity contribution in [2.75, 3.05) is 26.7 Å². The van der Waals surface area contributed by atoms with Crippen LogP contribution in [-0.2, 0) is 27.3 Å². The van der Waals surface area contributed by atoms with Crippen LogP contribution in [-0.4, -0.2) is 54.5 Å². The van der Waals surface area contributed by atoms with E-state index in [-0.39, 0.29) is 18.4 Å². The lowest BCUT2D eigenvalue weighted by molar-refractivity contribution is -0.147. The van der Waals surface area contributed by atoms with Crippen molar-refractivity contribution in [1.29, 1.82) is 0 Å². The van der Waals surface area contributed by atoms with Gasteiger partial charge in [0, 0.05) is 13.1 Å². The van der Waals surface area contributed by atoms with Gasteiger partial charge in [-0.15, -0.1) is 0 Å². The number of esters is 1. The van der Waals surface area contributed by atoms with Gasteiger partial charge in [-0.05, 0) is 56.7 Å². The number of carbonyl (C=O) groups excluding carboxylic acids is 2. The highest BCUT2D eigenvalue weighted by Gasteiger charge is 2.32. The fourth-order valence-electron chi connectivity index (χ4n) is 3.54. The normalized spacial score (nSPS) is 14.5.